The van der Waals surface area contributed by atoms with E-state index in [-0.39, 0.29) is 12.1 Å². The summed E-state index contributed by atoms with van der Waals surface area (Å²) in [5, 5.41) is 25.4. The Balaban J connectivity index is 1.67. The maximum atomic E-state index is 14.2. The van der Waals surface area contributed by atoms with Crippen molar-refractivity contribution in [2.45, 2.75) is 32.2 Å². The van der Waals surface area contributed by atoms with Crippen LogP contribution in [0.4, 0.5) is 15.8 Å². The van der Waals surface area contributed by atoms with E-state index in [1.54, 1.807) is 42.5 Å². The van der Waals surface area contributed by atoms with Crippen LogP contribution >= 0.6 is 11.6 Å². The maximum absolute atomic E-state index is 14.2. The van der Waals surface area contributed by atoms with Crippen molar-refractivity contribution >= 4 is 39.9 Å². The molecule has 4 heterocycles. The van der Waals surface area contributed by atoms with Crippen molar-refractivity contribution in [2.75, 3.05) is 25.6 Å². The zero-order chi connectivity index (χ0) is 25.9. The van der Waals surface area contributed by atoms with Gasteiger partial charge in [-0.1, -0.05) is 11.6 Å². The van der Waals surface area contributed by atoms with Crippen LogP contribution in [-0.4, -0.2) is 72.6 Å². The van der Waals surface area contributed by atoms with E-state index in [0.29, 0.717) is 41.0 Å². The second-order valence-electron chi connectivity index (χ2n) is 8.65. The van der Waals surface area contributed by atoms with E-state index < -0.39 is 17.7 Å². The first-order chi connectivity index (χ1) is 17.2. The summed E-state index contributed by atoms with van der Waals surface area (Å²) in [7, 11) is 1.60. The molecule has 4 aromatic rings. The number of fused-ring (bicyclic) bond motifs is 1. The van der Waals surface area contributed by atoms with Crippen LogP contribution in [0.5, 0.6) is 0 Å². The number of alkyl halides is 1. The normalized spacial score (nSPS) is 12.6. The van der Waals surface area contributed by atoms with E-state index in [0.717, 1.165) is 5.39 Å². The molecule has 1 atom stereocenters. The molecular formula is C23H26ClFN8O3. The van der Waals surface area contributed by atoms with Crippen molar-refractivity contribution in [2.24, 2.45) is 0 Å². The molecule has 4 aromatic heterocycles. The van der Waals surface area contributed by atoms with Gasteiger partial charge in [0.1, 0.15) is 6.17 Å². The van der Waals surface area contributed by atoms with Crippen molar-refractivity contribution in [1.29, 1.82) is 0 Å². The number of nitrogens with zero attached hydrogens (tertiary/aromatic N) is 6. The standard InChI is InChI=1S/C23H26ClFN8O3/c1-23(2,35)19(25)12-28-22(34)17-11-26-20(33-21-14(8-30-33)6-15(24)9-27-21)7-18(17)31-16-10-29-32(13-16)4-5-36-3/h6-11,13,19,35H,4-5,12H2,1-3H3,(H,26,31)(H,28,34)/t19-/m1/s1. The average Bonchev–Trinajstić information content (AvgIpc) is 3.46. The van der Waals surface area contributed by atoms with Crippen LogP contribution in [-0.2, 0) is 11.3 Å². The Morgan fingerprint density at radius 3 is 2.78 bits per heavy atom. The number of aromatic nitrogens is 6. The molecule has 0 unspecified atom stereocenters. The number of pyridine rings is 2. The summed E-state index contributed by atoms with van der Waals surface area (Å²) in [5.74, 6) is -0.170. The molecule has 190 valence electrons. The molecule has 0 aliphatic heterocycles. The quantitative estimate of drug-likeness (QED) is 0.293. The van der Waals surface area contributed by atoms with Crippen LogP contribution in [0.3, 0.4) is 0 Å². The van der Waals surface area contributed by atoms with E-state index in [2.05, 4.69) is 30.8 Å². The SMILES string of the molecule is COCCn1cc(Nc2cc(-n3ncc4cc(Cl)cnc43)ncc2C(=O)NC[C@@H](F)C(C)(C)O)cn1. The summed E-state index contributed by atoms with van der Waals surface area (Å²) in [6.45, 7) is 3.35. The fraction of sp³-hybridized carbons (Fsp3) is 0.348. The first-order valence-electron chi connectivity index (χ1n) is 11.1. The van der Waals surface area contributed by atoms with Gasteiger partial charge in [0.05, 0.1) is 59.7 Å². The number of nitrogens with one attached hydrogen (secondary N) is 2. The zero-order valence-corrected chi connectivity index (χ0v) is 20.7. The molecule has 0 fully saturated rings. The van der Waals surface area contributed by atoms with Gasteiger partial charge in [0.15, 0.2) is 11.5 Å². The van der Waals surface area contributed by atoms with Gasteiger partial charge in [0.2, 0.25) is 0 Å². The molecule has 36 heavy (non-hydrogen) atoms. The number of amides is 1. The highest BCUT2D eigenvalue weighted by atomic mass is 35.5. The highest BCUT2D eigenvalue weighted by Gasteiger charge is 2.27. The second-order valence-corrected chi connectivity index (χ2v) is 9.09. The molecule has 0 radical (unpaired) electrons. The number of carbonyl (C=O) groups is 1. The first kappa shape index (κ1) is 25.5. The third-order valence-electron chi connectivity index (χ3n) is 5.37. The van der Waals surface area contributed by atoms with E-state index in [4.69, 9.17) is 16.3 Å². The third kappa shape index (κ3) is 5.78. The van der Waals surface area contributed by atoms with Crippen LogP contribution in [0.25, 0.3) is 16.9 Å². The summed E-state index contributed by atoms with van der Waals surface area (Å²) in [6.07, 6.45) is 6.20. The van der Waals surface area contributed by atoms with Gasteiger partial charge in [-0.25, -0.2) is 14.4 Å². The van der Waals surface area contributed by atoms with Gasteiger partial charge in [-0.05, 0) is 19.9 Å². The molecule has 0 aliphatic rings. The van der Waals surface area contributed by atoms with E-state index in [1.165, 1.54) is 30.9 Å². The van der Waals surface area contributed by atoms with Crippen molar-refractivity contribution < 1.29 is 19.0 Å². The lowest BCUT2D eigenvalue weighted by atomic mass is 10.0. The molecule has 0 saturated carbocycles. The zero-order valence-electron chi connectivity index (χ0n) is 19.9. The smallest absolute Gasteiger partial charge is 0.255 e. The molecule has 0 saturated heterocycles. The van der Waals surface area contributed by atoms with Gasteiger partial charge in [0, 0.05) is 37.2 Å². The van der Waals surface area contributed by atoms with Gasteiger partial charge < -0.3 is 20.5 Å². The van der Waals surface area contributed by atoms with Crippen molar-refractivity contribution in [3.05, 3.63) is 53.7 Å². The molecule has 0 aromatic carbocycles. The third-order valence-corrected chi connectivity index (χ3v) is 5.58. The summed E-state index contributed by atoms with van der Waals surface area (Å²) >= 11 is 6.03. The van der Waals surface area contributed by atoms with Crippen LogP contribution in [0.15, 0.2) is 43.1 Å². The largest absolute Gasteiger partial charge is 0.387 e. The summed E-state index contributed by atoms with van der Waals surface area (Å²) < 4.78 is 22.5. The van der Waals surface area contributed by atoms with Crippen LogP contribution in [0.1, 0.15) is 24.2 Å². The van der Waals surface area contributed by atoms with Crippen LogP contribution in [0.2, 0.25) is 5.02 Å². The molecule has 3 N–H and O–H groups in total. The molecule has 1 amide bonds. The number of carbonyl (C=O) groups excluding carboxylic acids is 1. The van der Waals surface area contributed by atoms with Crippen molar-refractivity contribution in [1.82, 2.24) is 34.8 Å². The number of aliphatic hydroxyl groups is 1. The van der Waals surface area contributed by atoms with Crippen molar-refractivity contribution in [3.8, 4) is 5.82 Å². The number of rotatable bonds is 10. The minimum Gasteiger partial charge on any atom is -0.387 e. The lowest BCUT2D eigenvalue weighted by molar-refractivity contribution is -0.00177. The number of anilines is 2. The Bertz CT molecular complexity index is 1370. The molecular weight excluding hydrogens is 491 g/mol. The molecule has 0 aliphatic carbocycles. The highest BCUT2D eigenvalue weighted by molar-refractivity contribution is 6.31. The molecule has 0 bridgehead atoms. The predicted octanol–water partition coefficient (Wildman–Crippen LogP) is 2.89. The monoisotopic (exact) mass is 516 g/mol. The summed E-state index contributed by atoms with van der Waals surface area (Å²) in [6, 6.07) is 3.37. The van der Waals surface area contributed by atoms with Gasteiger partial charge in [-0.3, -0.25) is 9.48 Å². The first-order valence-corrected chi connectivity index (χ1v) is 11.5. The lowest BCUT2D eigenvalue weighted by Gasteiger charge is -2.22. The van der Waals surface area contributed by atoms with Gasteiger partial charge in [-0.15, -0.1) is 0 Å². The Morgan fingerprint density at radius 1 is 1.22 bits per heavy atom. The number of halogens is 2. The molecule has 4 rings (SSSR count). The van der Waals surface area contributed by atoms with E-state index in [1.807, 2.05) is 0 Å². The van der Waals surface area contributed by atoms with Crippen LogP contribution in [0, 0.1) is 0 Å². The predicted molar refractivity (Wildman–Crippen MR) is 133 cm³/mol. The van der Waals surface area contributed by atoms with Crippen LogP contribution < -0.4 is 10.6 Å². The number of hydrogen-bond donors (Lipinski definition) is 3. The van der Waals surface area contributed by atoms with E-state index in [9.17, 15) is 14.3 Å². The molecule has 11 nitrogen and oxygen atoms in total. The topological polar surface area (TPSA) is 132 Å². The average molecular weight is 517 g/mol. The van der Waals surface area contributed by atoms with E-state index >= 15 is 0 Å². The van der Waals surface area contributed by atoms with Crippen molar-refractivity contribution in [3.63, 3.8) is 0 Å². The number of ether oxygens (including phenoxy) is 1. The van der Waals surface area contributed by atoms with Gasteiger partial charge >= 0.3 is 0 Å². The lowest BCUT2D eigenvalue weighted by Crippen LogP contribution is -2.42. The summed E-state index contributed by atoms with van der Waals surface area (Å²) in [5.41, 5.74) is 0.115. The molecule has 13 heteroatoms. The number of methoxy groups -OCH3 is 1. The Hall–Kier alpha value is -3.61. The minimum atomic E-state index is -1.66. The maximum Gasteiger partial charge on any atom is 0.255 e. The van der Waals surface area contributed by atoms with Gasteiger partial charge in [-0.2, -0.15) is 14.9 Å². The molecule has 0 spiro atoms. The fourth-order valence-electron chi connectivity index (χ4n) is 3.32. The Kier molecular flexibility index (Phi) is 7.48. The Labute approximate surface area is 211 Å². The summed E-state index contributed by atoms with van der Waals surface area (Å²) in [4.78, 5) is 21.7. The second kappa shape index (κ2) is 10.6. The number of hydrogen-bond acceptors (Lipinski definition) is 8. The Morgan fingerprint density at radius 2 is 2.03 bits per heavy atom. The fourth-order valence-corrected chi connectivity index (χ4v) is 3.49. The van der Waals surface area contributed by atoms with Gasteiger partial charge in [0.25, 0.3) is 5.91 Å². The highest BCUT2D eigenvalue weighted by Crippen LogP contribution is 2.25. The minimum absolute atomic E-state index is 0.166.